The van der Waals surface area contributed by atoms with Crippen LogP contribution >= 0.6 is 0 Å². The zero-order valence-electron chi connectivity index (χ0n) is 18.6. The summed E-state index contributed by atoms with van der Waals surface area (Å²) >= 11 is 0. The van der Waals surface area contributed by atoms with Gasteiger partial charge in [0.2, 0.25) is 5.95 Å². The van der Waals surface area contributed by atoms with Crippen LogP contribution in [0.1, 0.15) is 28.0 Å². The summed E-state index contributed by atoms with van der Waals surface area (Å²) in [5, 5.41) is 1.06. The number of amides is 1. The van der Waals surface area contributed by atoms with Crippen molar-refractivity contribution in [3.8, 4) is 11.3 Å². The van der Waals surface area contributed by atoms with Crippen LogP contribution in [-0.4, -0.2) is 49.5 Å². The van der Waals surface area contributed by atoms with Crippen LogP contribution in [-0.2, 0) is 13.6 Å². The molecule has 2 aliphatic heterocycles. The number of nitrogens with zero attached hydrogens (tertiary/aromatic N) is 7. The van der Waals surface area contributed by atoms with E-state index in [9.17, 15) is 4.79 Å². The summed E-state index contributed by atoms with van der Waals surface area (Å²) < 4.78 is 2.03. The lowest BCUT2D eigenvalue weighted by atomic mass is 10.0. The lowest BCUT2D eigenvalue weighted by molar-refractivity contribution is 0.0996. The Kier molecular flexibility index (Phi) is 4.41. The van der Waals surface area contributed by atoms with Crippen molar-refractivity contribution in [2.24, 2.45) is 12.8 Å². The average Bonchev–Trinajstić information content (AvgIpc) is 3.51. The maximum atomic E-state index is 13.4. The number of hydrogen-bond donors (Lipinski definition) is 1. The molecule has 2 N–H and O–H groups in total. The van der Waals surface area contributed by atoms with Crippen LogP contribution in [0.2, 0.25) is 0 Å². The summed E-state index contributed by atoms with van der Waals surface area (Å²) in [4.78, 5) is 35.7. The third-order valence-electron chi connectivity index (χ3n) is 6.53. The first-order valence-corrected chi connectivity index (χ1v) is 11.0. The monoisotopic (exact) mass is 440 g/mol. The fraction of sp³-hybridized carbons (Fsp3) is 0.292. The second kappa shape index (κ2) is 7.35. The van der Waals surface area contributed by atoms with E-state index in [1.807, 2.05) is 43.2 Å². The molecule has 0 saturated carbocycles. The van der Waals surface area contributed by atoms with E-state index in [1.165, 1.54) is 0 Å². The number of aromatic nitrogens is 5. The molecule has 1 amide bonds. The van der Waals surface area contributed by atoms with Crippen molar-refractivity contribution in [1.29, 1.82) is 0 Å². The zero-order chi connectivity index (χ0) is 22.7. The van der Waals surface area contributed by atoms with Crippen LogP contribution in [0.15, 0.2) is 43.0 Å². The molecule has 2 aliphatic rings. The third kappa shape index (κ3) is 3.15. The van der Waals surface area contributed by atoms with Crippen molar-refractivity contribution in [3.05, 3.63) is 59.8 Å². The van der Waals surface area contributed by atoms with Gasteiger partial charge in [-0.1, -0.05) is 0 Å². The smallest absolute Gasteiger partial charge is 0.260 e. The highest BCUT2D eigenvalue weighted by atomic mass is 16.2. The normalized spacial score (nSPS) is 17.9. The Morgan fingerprint density at radius 3 is 2.85 bits per heavy atom. The molecule has 0 spiro atoms. The molecular weight excluding hydrogens is 416 g/mol. The van der Waals surface area contributed by atoms with Gasteiger partial charge in [0.15, 0.2) is 0 Å². The van der Waals surface area contributed by atoms with Crippen molar-refractivity contribution >= 4 is 28.6 Å². The van der Waals surface area contributed by atoms with Gasteiger partial charge in [-0.25, -0.2) is 4.98 Å². The quantitative estimate of drug-likeness (QED) is 0.521. The maximum absolute atomic E-state index is 13.4. The number of pyridine rings is 2. The number of nitrogens with two attached hydrogens (primary N) is 1. The van der Waals surface area contributed by atoms with E-state index in [-0.39, 0.29) is 11.9 Å². The predicted molar refractivity (Wildman–Crippen MR) is 126 cm³/mol. The highest BCUT2D eigenvalue weighted by molar-refractivity contribution is 6.11. The van der Waals surface area contributed by atoms with Gasteiger partial charge in [-0.3, -0.25) is 19.7 Å². The van der Waals surface area contributed by atoms with Gasteiger partial charge < -0.3 is 15.2 Å². The fourth-order valence-electron chi connectivity index (χ4n) is 4.80. The van der Waals surface area contributed by atoms with E-state index >= 15 is 0 Å². The fourth-order valence-corrected chi connectivity index (χ4v) is 4.80. The van der Waals surface area contributed by atoms with Crippen LogP contribution in [0, 0.1) is 6.92 Å². The van der Waals surface area contributed by atoms with Crippen LogP contribution in [0.4, 0.5) is 11.8 Å². The molecule has 33 heavy (non-hydrogen) atoms. The minimum absolute atomic E-state index is 0.0796. The Labute approximate surface area is 190 Å². The number of hydrogen-bond acceptors (Lipinski definition) is 7. The minimum atomic E-state index is -0.0796. The molecule has 1 atom stereocenters. The minimum Gasteiger partial charge on any atom is -0.349 e. The Morgan fingerprint density at radius 2 is 2.03 bits per heavy atom. The Morgan fingerprint density at radius 1 is 1.15 bits per heavy atom. The third-order valence-corrected chi connectivity index (χ3v) is 6.53. The van der Waals surface area contributed by atoms with Crippen LogP contribution in [0.3, 0.4) is 0 Å². The second-order valence-corrected chi connectivity index (χ2v) is 8.79. The number of anilines is 2. The van der Waals surface area contributed by atoms with Gasteiger partial charge in [0, 0.05) is 78.6 Å². The highest BCUT2D eigenvalue weighted by Gasteiger charge is 2.33. The van der Waals surface area contributed by atoms with Gasteiger partial charge in [0.1, 0.15) is 5.82 Å². The molecule has 4 aromatic rings. The van der Waals surface area contributed by atoms with Gasteiger partial charge in [0.25, 0.3) is 5.91 Å². The molecule has 0 radical (unpaired) electrons. The van der Waals surface area contributed by atoms with Crippen molar-refractivity contribution in [2.45, 2.75) is 25.9 Å². The topological polar surface area (TPSA) is 106 Å². The van der Waals surface area contributed by atoms with Crippen molar-refractivity contribution < 1.29 is 4.79 Å². The number of fused-ring (bicyclic) bond motifs is 2. The van der Waals surface area contributed by atoms with Gasteiger partial charge in [-0.15, -0.1) is 0 Å². The molecule has 9 nitrogen and oxygen atoms in total. The van der Waals surface area contributed by atoms with E-state index in [4.69, 9.17) is 10.7 Å². The first-order valence-electron chi connectivity index (χ1n) is 11.0. The van der Waals surface area contributed by atoms with Crippen LogP contribution in [0.5, 0.6) is 0 Å². The molecule has 1 saturated heterocycles. The van der Waals surface area contributed by atoms with Gasteiger partial charge in [-0.05, 0) is 25.5 Å². The molecule has 6 rings (SSSR count). The molecule has 166 valence electrons. The first kappa shape index (κ1) is 19.8. The highest BCUT2D eigenvalue weighted by Crippen LogP contribution is 2.36. The summed E-state index contributed by atoms with van der Waals surface area (Å²) in [5.74, 6) is 1.14. The van der Waals surface area contributed by atoms with Crippen LogP contribution in [0.25, 0.3) is 22.2 Å². The Bertz CT molecular complexity index is 1410. The number of carbonyl (C=O) groups excluding carboxylic acids is 1. The van der Waals surface area contributed by atoms with Gasteiger partial charge >= 0.3 is 0 Å². The predicted octanol–water partition coefficient (Wildman–Crippen LogP) is 2.43. The number of carbonyl (C=O) groups is 1. The van der Waals surface area contributed by atoms with E-state index in [2.05, 4.69) is 25.9 Å². The lowest BCUT2D eigenvalue weighted by Gasteiger charge is -2.20. The second-order valence-electron chi connectivity index (χ2n) is 8.79. The van der Waals surface area contributed by atoms with Crippen molar-refractivity contribution in [2.75, 3.05) is 22.9 Å². The van der Waals surface area contributed by atoms with Gasteiger partial charge in [0.05, 0.1) is 24.0 Å². The molecule has 0 aliphatic carbocycles. The summed E-state index contributed by atoms with van der Waals surface area (Å²) in [6.07, 6.45) is 8.27. The zero-order valence-corrected chi connectivity index (χ0v) is 18.6. The molecule has 6 heterocycles. The largest absolute Gasteiger partial charge is 0.349 e. The molecule has 1 unspecified atom stereocenters. The molecule has 0 aromatic carbocycles. The summed E-state index contributed by atoms with van der Waals surface area (Å²) in [7, 11) is 1.99. The summed E-state index contributed by atoms with van der Waals surface area (Å²) in [5.41, 5.74) is 11.2. The summed E-state index contributed by atoms with van der Waals surface area (Å²) in [6, 6.07) is 5.82. The van der Waals surface area contributed by atoms with E-state index < -0.39 is 0 Å². The number of aryl methyl sites for hydroxylation is 2. The van der Waals surface area contributed by atoms with E-state index in [0.29, 0.717) is 23.9 Å². The first-order chi connectivity index (χ1) is 16.0. The van der Waals surface area contributed by atoms with E-state index in [0.717, 1.165) is 52.9 Å². The average molecular weight is 441 g/mol. The van der Waals surface area contributed by atoms with Crippen molar-refractivity contribution in [3.63, 3.8) is 0 Å². The Hall–Kier alpha value is -3.85. The number of rotatable bonds is 3. The maximum Gasteiger partial charge on any atom is 0.260 e. The molecular formula is C24H24N8O. The summed E-state index contributed by atoms with van der Waals surface area (Å²) in [6.45, 7) is 3.86. The molecule has 1 fully saturated rings. The molecule has 0 bridgehead atoms. The SMILES string of the molecule is Cc1cc(N2Cc3c(ccnc3-c3cncc4c3ccn4C)C2=O)nc(N2CCC(N)C2)n1. The van der Waals surface area contributed by atoms with Crippen molar-refractivity contribution in [1.82, 2.24) is 24.5 Å². The van der Waals surface area contributed by atoms with Gasteiger partial charge in [-0.2, -0.15) is 4.98 Å². The van der Waals surface area contributed by atoms with E-state index in [1.54, 1.807) is 17.2 Å². The van der Waals surface area contributed by atoms with Crippen LogP contribution < -0.4 is 15.5 Å². The standard InChI is InChI=1S/C24H24N8O/c1-14-9-21(29-24(28-14)31-8-4-15(25)12-31)32-13-19-17(23(32)33)3-6-27-22(19)18-10-26-11-20-16(18)5-7-30(20)2/h3,5-7,9-11,15H,4,8,12-13,25H2,1-2H3. The molecule has 4 aromatic heterocycles. The lowest BCUT2D eigenvalue weighted by Crippen LogP contribution is -2.29. The Balaban J connectivity index is 1.41. The molecule has 9 heteroatoms.